The lowest BCUT2D eigenvalue weighted by Crippen LogP contribution is -2.49. The van der Waals surface area contributed by atoms with Gasteiger partial charge in [-0.1, -0.05) is 44.2 Å². The molecule has 3 rings (SSSR count). The molecule has 1 saturated carbocycles. The minimum absolute atomic E-state index is 0.105. The lowest BCUT2D eigenvalue weighted by Gasteiger charge is -2.39. The van der Waals surface area contributed by atoms with Crippen molar-refractivity contribution in [1.82, 2.24) is 20.3 Å². The number of thiophene rings is 1. The van der Waals surface area contributed by atoms with Gasteiger partial charge in [0.15, 0.2) is 0 Å². The van der Waals surface area contributed by atoms with Crippen LogP contribution < -0.4 is 11.1 Å². The van der Waals surface area contributed by atoms with E-state index in [-0.39, 0.29) is 11.8 Å². The van der Waals surface area contributed by atoms with E-state index in [4.69, 9.17) is 5.73 Å². The molecule has 0 unspecified atom stereocenters. The van der Waals surface area contributed by atoms with Gasteiger partial charge in [-0.25, -0.2) is 4.68 Å². The number of primary amides is 1. The molecular formula is C21H31N5O2S. The smallest absolute Gasteiger partial charge is 0.252 e. The van der Waals surface area contributed by atoms with Crippen molar-refractivity contribution < 1.29 is 9.59 Å². The van der Waals surface area contributed by atoms with Crippen LogP contribution in [0, 0.1) is 5.92 Å². The Bertz CT molecular complexity index is 813. The molecule has 0 saturated heterocycles. The average molecular weight is 418 g/mol. The van der Waals surface area contributed by atoms with Crippen molar-refractivity contribution in [1.29, 1.82) is 0 Å². The molecule has 2 atom stereocenters. The van der Waals surface area contributed by atoms with E-state index in [1.165, 1.54) is 17.8 Å². The van der Waals surface area contributed by atoms with Gasteiger partial charge in [0, 0.05) is 5.38 Å². The number of hydrogen-bond donors (Lipinski definition) is 2. The zero-order valence-electron chi connectivity index (χ0n) is 17.3. The Morgan fingerprint density at radius 1 is 1.38 bits per heavy atom. The molecule has 2 heterocycles. The second kappa shape index (κ2) is 9.52. The summed E-state index contributed by atoms with van der Waals surface area (Å²) in [5, 5.41) is 15.6. The molecule has 1 aliphatic rings. The molecule has 0 radical (unpaired) electrons. The number of unbranched alkanes of at least 4 members (excludes halogenated alkanes) is 1. The third-order valence-corrected chi connectivity index (χ3v) is 6.78. The molecule has 7 nitrogen and oxygen atoms in total. The van der Waals surface area contributed by atoms with E-state index in [2.05, 4.69) is 22.6 Å². The van der Waals surface area contributed by atoms with Crippen molar-refractivity contribution in [3.05, 3.63) is 34.3 Å². The third-order valence-electron chi connectivity index (χ3n) is 6.10. The molecule has 158 valence electrons. The number of rotatable bonds is 9. The van der Waals surface area contributed by atoms with Gasteiger partial charge in [0.05, 0.1) is 17.3 Å². The topological polar surface area (TPSA) is 103 Å². The van der Waals surface area contributed by atoms with Gasteiger partial charge in [-0.2, -0.15) is 11.3 Å². The number of amides is 2. The first-order chi connectivity index (χ1) is 14.0. The second-order valence-electron chi connectivity index (χ2n) is 8.15. The largest absolute Gasteiger partial charge is 0.368 e. The number of carbonyl (C=O) groups is 2. The first-order valence-electron chi connectivity index (χ1n) is 10.5. The van der Waals surface area contributed by atoms with Crippen LogP contribution in [-0.4, -0.2) is 26.8 Å². The number of nitrogens with two attached hydrogens (primary N) is 1. The summed E-state index contributed by atoms with van der Waals surface area (Å²) in [7, 11) is 0. The maximum Gasteiger partial charge on any atom is 0.252 e. The molecule has 3 N–H and O–H groups in total. The molecule has 29 heavy (non-hydrogen) atoms. The summed E-state index contributed by atoms with van der Waals surface area (Å²) in [5.74, 6) is -0.241. The molecule has 2 amide bonds. The van der Waals surface area contributed by atoms with Gasteiger partial charge in [0.2, 0.25) is 5.91 Å². The fourth-order valence-electron chi connectivity index (χ4n) is 4.23. The van der Waals surface area contributed by atoms with Crippen LogP contribution in [0.25, 0.3) is 0 Å². The number of nitrogens with one attached hydrogen (secondary N) is 1. The van der Waals surface area contributed by atoms with Gasteiger partial charge < -0.3 is 11.1 Å². The minimum Gasteiger partial charge on any atom is -0.368 e. The van der Waals surface area contributed by atoms with Crippen LogP contribution in [0.5, 0.6) is 0 Å². The predicted molar refractivity (Wildman–Crippen MR) is 113 cm³/mol. The van der Waals surface area contributed by atoms with Crippen molar-refractivity contribution in [3.8, 4) is 0 Å². The van der Waals surface area contributed by atoms with E-state index in [0.29, 0.717) is 17.7 Å². The van der Waals surface area contributed by atoms with Crippen molar-refractivity contribution in [2.24, 2.45) is 11.7 Å². The maximum absolute atomic E-state index is 12.9. The molecule has 2 aromatic rings. The quantitative estimate of drug-likeness (QED) is 0.648. The van der Waals surface area contributed by atoms with Crippen LogP contribution >= 0.6 is 11.3 Å². The summed E-state index contributed by atoms with van der Waals surface area (Å²) in [6.07, 6.45) is 9.86. The predicted octanol–water partition coefficient (Wildman–Crippen LogP) is 3.78. The Morgan fingerprint density at radius 3 is 2.76 bits per heavy atom. The zero-order valence-corrected chi connectivity index (χ0v) is 18.1. The van der Waals surface area contributed by atoms with E-state index in [0.717, 1.165) is 38.5 Å². The fraction of sp³-hybridized carbons (Fsp3) is 0.619. The number of nitrogens with zero attached hydrogens (tertiary/aromatic N) is 3. The van der Waals surface area contributed by atoms with Crippen LogP contribution in [-0.2, 0) is 10.3 Å². The lowest BCUT2D eigenvalue weighted by atomic mass is 9.74. The van der Waals surface area contributed by atoms with Gasteiger partial charge in [-0.05, 0) is 43.6 Å². The normalized spacial score (nSPS) is 18.1. The first-order valence-corrected chi connectivity index (χ1v) is 11.5. The second-order valence-corrected chi connectivity index (χ2v) is 8.93. The number of carbonyl (C=O) groups excluding carboxylic acids is 2. The molecule has 0 aliphatic heterocycles. The van der Waals surface area contributed by atoms with Crippen LogP contribution in [0.2, 0.25) is 0 Å². The van der Waals surface area contributed by atoms with Crippen LogP contribution in [0.15, 0.2) is 23.0 Å². The van der Waals surface area contributed by atoms with Crippen LogP contribution in [0.4, 0.5) is 0 Å². The Balaban J connectivity index is 1.90. The van der Waals surface area contributed by atoms with Crippen molar-refractivity contribution >= 4 is 23.2 Å². The third kappa shape index (κ3) is 4.86. The van der Waals surface area contributed by atoms with E-state index < -0.39 is 17.5 Å². The first kappa shape index (κ1) is 21.5. The van der Waals surface area contributed by atoms with Gasteiger partial charge >= 0.3 is 0 Å². The zero-order chi connectivity index (χ0) is 20.9. The molecule has 0 bridgehead atoms. The molecule has 1 fully saturated rings. The highest BCUT2D eigenvalue weighted by molar-refractivity contribution is 7.08. The fourth-order valence-corrected chi connectivity index (χ4v) is 4.86. The SMILES string of the molecule is CCCC[C@@H](C(N)=O)n1cc([C@@](C)(NC(=O)c2ccsc2)C2CCCCC2)nn1. The summed E-state index contributed by atoms with van der Waals surface area (Å²) in [4.78, 5) is 24.9. The van der Waals surface area contributed by atoms with Crippen molar-refractivity contribution in [2.75, 3.05) is 0 Å². The van der Waals surface area contributed by atoms with Gasteiger partial charge in [-0.3, -0.25) is 9.59 Å². The summed E-state index contributed by atoms with van der Waals surface area (Å²) < 4.78 is 1.57. The van der Waals surface area contributed by atoms with Crippen LogP contribution in [0.3, 0.4) is 0 Å². The van der Waals surface area contributed by atoms with Gasteiger partial charge in [0.1, 0.15) is 11.7 Å². The van der Waals surface area contributed by atoms with Crippen LogP contribution in [0.1, 0.15) is 87.3 Å². The maximum atomic E-state index is 12.9. The Labute approximate surface area is 176 Å². The summed E-state index contributed by atoms with van der Waals surface area (Å²) in [6, 6.07) is 1.31. The minimum atomic E-state index is -0.648. The van der Waals surface area contributed by atoms with Crippen molar-refractivity contribution in [3.63, 3.8) is 0 Å². The molecule has 2 aromatic heterocycles. The van der Waals surface area contributed by atoms with E-state index in [1.807, 2.05) is 23.8 Å². The van der Waals surface area contributed by atoms with Gasteiger partial charge in [0.25, 0.3) is 5.91 Å². The summed E-state index contributed by atoms with van der Waals surface area (Å²) in [5.41, 5.74) is 6.32. The van der Waals surface area contributed by atoms with Gasteiger partial charge in [-0.15, -0.1) is 5.10 Å². The molecule has 8 heteroatoms. The lowest BCUT2D eigenvalue weighted by molar-refractivity contribution is -0.121. The standard InChI is InChI=1S/C21H31N5O2S/c1-3-4-10-17(19(22)27)26-13-18(24-25-26)21(2,16-8-6-5-7-9-16)23-20(28)15-11-12-29-14-15/h11-14,16-17H,3-10H2,1-2H3,(H2,22,27)(H,23,28)/t17-,21-/m0/s1. The van der Waals surface area contributed by atoms with E-state index in [1.54, 1.807) is 10.9 Å². The summed E-state index contributed by atoms with van der Waals surface area (Å²) in [6.45, 7) is 4.11. The number of hydrogen-bond acceptors (Lipinski definition) is 5. The highest BCUT2D eigenvalue weighted by Gasteiger charge is 2.41. The molecule has 0 spiro atoms. The van der Waals surface area contributed by atoms with E-state index in [9.17, 15) is 9.59 Å². The molecule has 0 aromatic carbocycles. The molecule has 1 aliphatic carbocycles. The monoisotopic (exact) mass is 417 g/mol. The van der Waals surface area contributed by atoms with Crippen molar-refractivity contribution in [2.45, 2.75) is 76.8 Å². The Morgan fingerprint density at radius 2 is 2.14 bits per heavy atom. The molecular weight excluding hydrogens is 386 g/mol. The van der Waals surface area contributed by atoms with E-state index >= 15 is 0 Å². The number of aromatic nitrogens is 3. The summed E-state index contributed by atoms with van der Waals surface area (Å²) >= 11 is 1.50. The average Bonchev–Trinajstić information content (AvgIpc) is 3.41. The Hall–Kier alpha value is -2.22. The Kier molecular flexibility index (Phi) is 7.05. The highest BCUT2D eigenvalue weighted by Crippen LogP contribution is 2.39. The highest BCUT2D eigenvalue weighted by atomic mass is 32.1.